The first kappa shape index (κ1) is 18.4. The van der Waals surface area contributed by atoms with Crippen molar-refractivity contribution in [1.29, 1.82) is 0 Å². The van der Waals surface area contributed by atoms with E-state index in [0.717, 1.165) is 16.5 Å². The van der Waals surface area contributed by atoms with E-state index in [1.807, 2.05) is 60.7 Å². The Hall–Kier alpha value is -3.93. The van der Waals surface area contributed by atoms with E-state index in [1.54, 1.807) is 22.9 Å². The number of methoxy groups -OCH3 is 1. The predicted molar refractivity (Wildman–Crippen MR) is 110 cm³/mol. The summed E-state index contributed by atoms with van der Waals surface area (Å²) in [6, 6.07) is 23.5. The van der Waals surface area contributed by atoms with Crippen molar-refractivity contribution in [3.05, 3.63) is 106 Å². The van der Waals surface area contributed by atoms with Crippen LogP contribution >= 0.6 is 0 Å². The summed E-state index contributed by atoms with van der Waals surface area (Å²) in [7, 11) is 1.34. The van der Waals surface area contributed by atoms with Crippen LogP contribution in [0.3, 0.4) is 0 Å². The number of hydrogen-bond donors (Lipinski definition) is 0. The molecule has 1 heterocycles. The summed E-state index contributed by atoms with van der Waals surface area (Å²) in [5, 5.41) is 12.7. The molecule has 0 saturated heterocycles. The van der Waals surface area contributed by atoms with Gasteiger partial charge in [-0.1, -0.05) is 54.6 Å². The van der Waals surface area contributed by atoms with Gasteiger partial charge in [-0.25, -0.2) is 0 Å². The van der Waals surface area contributed by atoms with E-state index < -0.39 is 16.8 Å². The lowest BCUT2D eigenvalue weighted by Crippen LogP contribution is -2.16. The van der Waals surface area contributed by atoms with E-state index in [2.05, 4.69) is 0 Å². The minimum atomic E-state index is -0.678. The molecule has 0 saturated carbocycles. The Bertz CT molecular complexity index is 1200. The number of aromatic nitrogens is 1. The lowest BCUT2D eigenvalue weighted by molar-refractivity contribution is -0.384. The number of rotatable bonds is 5. The molecule has 4 rings (SSSR count). The molecule has 3 aromatic carbocycles. The zero-order chi connectivity index (χ0) is 20.4. The number of nitro benzene ring substituents is 1. The molecule has 6 nitrogen and oxygen atoms in total. The molecule has 0 spiro atoms. The van der Waals surface area contributed by atoms with Gasteiger partial charge >= 0.3 is 5.97 Å². The topological polar surface area (TPSA) is 74.4 Å². The molecular formula is C23H18N2O4. The van der Waals surface area contributed by atoms with Gasteiger partial charge in [0.1, 0.15) is 11.6 Å². The molecule has 0 amide bonds. The number of nitro groups is 1. The molecule has 0 radical (unpaired) electrons. The Morgan fingerprint density at radius 3 is 2.41 bits per heavy atom. The Labute approximate surface area is 167 Å². The fraction of sp³-hybridized carbons (Fsp3) is 0.0870. The van der Waals surface area contributed by atoms with Crippen molar-refractivity contribution in [2.24, 2.45) is 0 Å². The third kappa shape index (κ3) is 3.36. The first-order chi connectivity index (χ1) is 14.1. The van der Waals surface area contributed by atoms with Crippen molar-refractivity contribution in [2.45, 2.75) is 5.92 Å². The largest absolute Gasteiger partial charge is 0.468 e. The van der Waals surface area contributed by atoms with E-state index in [0.29, 0.717) is 11.3 Å². The van der Waals surface area contributed by atoms with E-state index in [-0.39, 0.29) is 5.69 Å². The second-order valence-electron chi connectivity index (χ2n) is 6.62. The minimum absolute atomic E-state index is 0.0354. The molecule has 0 N–H and O–H groups in total. The van der Waals surface area contributed by atoms with Gasteiger partial charge in [0, 0.05) is 12.3 Å². The third-order valence-corrected chi connectivity index (χ3v) is 4.96. The van der Waals surface area contributed by atoms with Crippen LogP contribution < -0.4 is 0 Å². The van der Waals surface area contributed by atoms with Crippen molar-refractivity contribution in [3.8, 4) is 5.69 Å². The van der Waals surface area contributed by atoms with Crippen molar-refractivity contribution >= 4 is 22.6 Å². The van der Waals surface area contributed by atoms with Gasteiger partial charge in [0.15, 0.2) is 0 Å². The smallest absolute Gasteiger partial charge is 0.317 e. The molecule has 0 fully saturated rings. The number of hydrogen-bond acceptors (Lipinski definition) is 4. The Morgan fingerprint density at radius 1 is 0.966 bits per heavy atom. The first-order valence-electron chi connectivity index (χ1n) is 9.07. The summed E-state index contributed by atoms with van der Waals surface area (Å²) >= 11 is 0. The van der Waals surface area contributed by atoms with Gasteiger partial charge in [-0.3, -0.25) is 14.9 Å². The fourth-order valence-electron chi connectivity index (χ4n) is 3.59. The highest BCUT2D eigenvalue weighted by Crippen LogP contribution is 2.33. The molecule has 1 atom stereocenters. The lowest BCUT2D eigenvalue weighted by atomic mass is 9.90. The van der Waals surface area contributed by atoms with Gasteiger partial charge in [-0.15, -0.1) is 0 Å². The molecule has 4 aromatic rings. The third-order valence-electron chi connectivity index (χ3n) is 4.96. The molecule has 0 aliphatic carbocycles. The zero-order valence-corrected chi connectivity index (χ0v) is 15.7. The maximum Gasteiger partial charge on any atom is 0.317 e. The zero-order valence-electron chi connectivity index (χ0n) is 15.7. The van der Waals surface area contributed by atoms with E-state index >= 15 is 0 Å². The summed E-state index contributed by atoms with van der Waals surface area (Å²) in [6.45, 7) is 0. The van der Waals surface area contributed by atoms with Crippen LogP contribution in [-0.2, 0) is 9.53 Å². The van der Waals surface area contributed by atoms with Crippen LogP contribution in [0.4, 0.5) is 5.69 Å². The highest BCUT2D eigenvalue weighted by atomic mass is 16.6. The molecule has 0 unspecified atom stereocenters. The summed E-state index contributed by atoms with van der Waals surface area (Å²) in [6.07, 6.45) is 1.80. The standard InChI is InChI=1S/C23H18N2O4/c1-29-23(26)22(17-8-3-2-4-9-17)18-11-12-20(25(27)28)21(15-18)24-14-13-16-7-5-6-10-19(16)24/h2-15,22H,1H3/t22-/m1/s1. The van der Waals surface area contributed by atoms with E-state index in [9.17, 15) is 14.9 Å². The number of carbonyl (C=O) groups excluding carboxylic acids is 1. The monoisotopic (exact) mass is 386 g/mol. The quantitative estimate of drug-likeness (QED) is 0.279. The van der Waals surface area contributed by atoms with Gasteiger partial charge in [0.25, 0.3) is 5.69 Å². The highest BCUT2D eigenvalue weighted by molar-refractivity contribution is 5.85. The van der Waals surface area contributed by atoms with Crippen LogP contribution in [0.15, 0.2) is 85.1 Å². The lowest BCUT2D eigenvalue weighted by Gasteiger charge is -2.17. The fourth-order valence-corrected chi connectivity index (χ4v) is 3.59. The van der Waals surface area contributed by atoms with Crippen LogP contribution in [-0.4, -0.2) is 22.6 Å². The average Bonchev–Trinajstić information content (AvgIpc) is 3.18. The maximum absolute atomic E-state index is 12.6. The van der Waals surface area contributed by atoms with Crippen LogP contribution in [0.5, 0.6) is 0 Å². The number of para-hydroxylation sites is 1. The molecule has 0 bridgehead atoms. The molecule has 1 aromatic heterocycles. The van der Waals surface area contributed by atoms with Crippen molar-refractivity contribution in [3.63, 3.8) is 0 Å². The summed E-state index contributed by atoms with van der Waals surface area (Å²) in [5.41, 5.74) is 2.60. The number of benzene rings is 3. The Balaban J connectivity index is 1.93. The van der Waals surface area contributed by atoms with Crippen LogP contribution in [0, 0.1) is 10.1 Å². The Kier molecular flexibility index (Phi) is 4.83. The molecular weight excluding hydrogens is 368 g/mol. The molecule has 144 valence electrons. The van der Waals surface area contributed by atoms with Gasteiger partial charge in [-0.05, 0) is 34.7 Å². The van der Waals surface area contributed by atoms with Gasteiger partial charge in [-0.2, -0.15) is 0 Å². The number of esters is 1. The SMILES string of the molecule is COC(=O)[C@H](c1ccccc1)c1ccc([N+](=O)[O-])c(-n2ccc3ccccc32)c1. The molecule has 0 aliphatic heterocycles. The molecule has 0 aliphatic rings. The van der Waals surface area contributed by atoms with Crippen LogP contribution in [0.1, 0.15) is 17.0 Å². The highest BCUT2D eigenvalue weighted by Gasteiger charge is 2.26. The number of fused-ring (bicyclic) bond motifs is 1. The molecule has 29 heavy (non-hydrogen) atoms. The average molecular weight is 386 g/mol. The van der Waals surface area contributed by atoms with Crippen molar-refractivity contribution in [2.75, 3.05) is 7.11 Å². The normalized spacial score (nSPS) is 11.9. The Morgan fingerprint density at radius 2 is 1.69 bits per heavy atom. The van der Waals surface area contributed by atoms with Gasteiger partial charge < -0.3 is 9.30 Å². The van der Waals surface area contributed by atoms with Gasteiger partial charge in [0.05, 0.1) is 17.5 Å². The summed E-state index contributed by atoms with van der Waals surface area (Å²) in [5.74, 6) is -1.10. The van der Waals surface area contributed by atoms with Crippen molar-refractivity contribution < 1.29 is 14.5 Å². The first-order valence-corrected chi connectivity index (χ1v) is 9.07. The van der Waals surface area contributed by atoms with Crippen LogP contribution in [0.25, 0.3) is 16.6 Å². The summed E-state index contributed by atoms with van der Waals surface area (Å²) in [4.78, 5) is 23.9. The number of nitrogens with zero attached hydrogens (tertiary/aromatic N) is 2. The second-order valence-corrected chi connectivity index (χ2v) is 6.62. The van der Waals surface area contributed by atoms with E-state index in [1.165, 1.54) is 13.2 Å². The number of carbonyl (C=O) groups is 1. The maximum atomic E-state index is 12.6. The van der Waals surface area contributed by atoms with Crippen molar-refractivity contribution in [1.82, 2.24) is 4.57 Å². The number of ether oxygens (including phenoxy) is 1. The van der Waals surface area contributed by atoms with Gasteiger partial charge in [0.2, 0.25) is 0 Å². The molecule has 6 heteroatoms. The van der Waals surface area contributed by atoms with E-state index in [4.69, 9.17) is 4.74 Å². The minimum Gasteiger partial charge on any atom is -0.468 e. The summed E-state index contributed by atoms with van der Waals surface area (Å²) < 4.78 is 6.79. The second kappa shape index (κ2) is 7.59. The predicted octanol–water partition coefficient (Wildman–Crippen LogP) is 4.84. The van der Waals surface area contributed by atoms with Crippen LogP contribution in [0.2, 0.25) is 0 Å².